The Hall–Kier alpha value is -2.20. The lowest BCUT2D eigenvalue weighted by Gasteiger charge is -2.13. The maximum absolute atomic E-state index is 11.8. The third-order valence-corrected chi connectivity index (χ3v) is 3.11. The first-order valence-electron chi connectivity index (χ1n) is 6.72. The van der Waals surface area contributed by atoms with Gasteiger partial charge in [-0.05, 0) is 23.6 Å². The van der Waals surface area contributed by atoms with E-state index in [4.69, 9.17) is 5.73 Å². The summed E-state index contributed by atoms with van der Waals surface area (Å²) in [6, 6.07) is 13.4. The Bertz CT molecular complexity index is 528. The van der Waals surface area contributed by atoms with Crippen molar-refractivity contribution in [3.05, 3.63) is 66.0 Å². The molecule has 1 amide bonds. The normalized spacial score (nSPS) is 11.8. The number of nitrogens with zero attached hydrogens (tertiary/aromatic N) is 1. The number of aromatic nitrogens is 1. The number of rotatable bonds is 6. The van der Waals surface area contributed by atoms with E-state index in [1.54, 1.807) is 12.4 Å². The van der Waals surface area contributed by atoms with E-state index in [0.29, 0.717) is 19.4 Å². The molecule has 4 nitrogen and oxygen atoms in total. The Labute approximate surface area is 119 Å². The van der Waals surface area contributed by atoms with Gasteiger partial charge in [0.15, 0.2) is 0 Å². The summed E-state index contributed by atoms with van der Waals surface area (Å²) in [4.78, 5) is 15.8. The second kappa shape index (κ2) is 7.40. The predicted molar refractivity (Wildman–Crippen MR) is 78.9 cm³/mol. The van der Waals surface area contributed by atoms with Crippen LogP contribution < -0.4 is 11.1 Å². The Morgan fingerprint density at radius 1 is 1.20 bits per heavy atom. The molecule has 4 heteroatoms. The van der Waals surface area contributed by atoms with Crippen LogP contribution in [-0.4, -0.2) is 17.4 Å². The highest BCUT2D eigenvalue weighted by atomic mass is 16.1. The molecule has 2 aromatic rings. The van der Waals surface area contributed by atoms with Crippen LogP contribution in [0.4, 0.5) is 0 Å². The Morgan fingerprint density at radius 3 is 2.70 bits per heavy atom. The van der Waals surface area contributed by atoms with Crippen molar-refractivity contribution in [2.45, 2.75) is 18.9 Å². The molecule has 0 spiro atoms. The summed E-state index contributed by atoms with van der Waals surface area (Å²) in [6.07, 6.45) is 4.65. The third kappa shape index (κ3) is 4.48. The van der Waals surface area contributed by atoms with E-state index in [-0.39, 0.29) is 11.9 Å². The monoisotopic (exact) mass is 269 g/mol. The second-order valence-corrected chi connectivity index (χ2v) is 4.68. The van der Waals surface area contributed by atoms with E-state index in [1.165, 1.54) is 0 Å². The zero-order valence-electron chi connectivity index (χ0n) is 11.3. The average Bonchev–Trinajstić information content (AvgIpc) is 2.52. The second-order valence-electron chi connectivity index (χ2n) is 4.68. The maximum atomic E-state index is 11.8. The number of nitrogens with one attached hydrogen (secondary N) is 1. The van der Waals surface area contributed by atoms with Gasteiger partial charge in [0.1, 0.15) is 0 Å². The number of aryl methyl sites for hydroxylation is 1. The summed E-state index contributed by atoms with van der Waals surface area (Å²) in [5, 5.41) is 2.87. The zero-order chi connectivity index (χ0) is 14.2. The predicted octanol–water partition coefficient (Wildman–Crippen LogP) is 1.83. The molecule has 0 aliphatic heterocycles. The summed E-state index contributed by atoms with van der Waals surface area (Å²) < 4.78 is 0. The van der Waals surface area contributed by atoms with Crippen molar-refractivity contribution < 1.29 is 4.79 Å². The molecular formula is C16H19N3O. The third-order valence-electron chi connectivity index (χ3n) is 3.11. The molecule has 0 radical (unpaired) electrons. The van der Waals surface area contributed by atoms with Crippen LogP contribution in [0.25, 0.3) is 0 Å². The molecule has 1 heterocycles. The lowest BCUT2D eigenvalue weighted by Crippen LogP contribution is -2.32. The Morgan fingerprint density at radius 2 is 2.00 bits per heavy atom. The van der Waals surface area contributed by atoms with E-state index < -0.39 is 0 Å². The average molecular weight is 269 g/mol. The fourth-order valence-corrected chi connectivity index (χ4v) is 1.93. The van der Waals surface area contributed by atoms with Crippen molar-refractivity contribution in [3.63, 3.8) is 0 Å². The quantitative estimate of drug-likeness (QED) is 0.840. The van der Waals surface area contributed by atoms with Crippen molar-refractivity contribution >= 4 is 5.91 Å². The molecule has 1 unspecified atom stereocenters. The highest BCUT2D eigenvalue weighted by Gasteiger charge is 2.07. The number of amides is 1. The van der Waals surface area contributed by atoms with Crippen LogP contribution in [0.15, 0.2) is 54.9 Å². The topological polar surface area (TPSA) is 68.0 Å². The number of hydrogen-bond donors (Lipinski definition) is 2. The molecular weight excluding hydrogens is 250 g/mol. The van der Waals surface area contributed by atoms with E-state index >= 15 is 0 Å². The smallest absolute Gasteiger partial charge is 0.220 e. The minimum Gasteiger partial charge on any atom is -0.354 e. The van der Waals surface area contributed by atoms with E-state index in [9.17, 15) is 4.79 Å². The van der Waals surface area contributed by atoms with Gasteiger partial charge in [0.2, 0.25) is 5.91 Å². The molecule has 1 atom stereocenters. The fourth-order valence-electron chi connectivity index (χ4n) is 1.93. The molecule has 0 bridgehead atoms. The molecule has 0 aliphatic rings. The summed E-state index contributed by atoms with van der Waals surface area (Å²) in [7, 11) is 0. The summed E-state index contributed by atoms with van der Waals surface area (Å²) in [5.41, 5.74) is 8.12. The van der Waals surface area contributed by atoms with Crippen molar-refractivity contribution in [2.75, 3.05) is 6.54 Å². The van der Waals surface area contributed by atoms with Crippen LogP contribution >= 0.6 is 0 Å². The van der Waals surface area contributed by atoms with Gasteiger partial charge in [-0.25, -0.2) is 0 Å². The molecule has 1 aromatic heterocycles. The summed E-state index contributed by atoms with van der Waals surface area (Å²) in [6.45, 7) is 0.454. The standard InChI is InChI=1S/C16H19N3O/c17-15(14-6-2-1-3-7-14)12-19-16(20)9-8-13-5-4-10-18-11-13/h1-7,10-11,15H,8-9,12,17H2,(H,19,20). The summed E-state index contributed by atoms with van der Waals surface area (Å²) in [5.74, 6) is 0.0141. The maximum Gasteiger partial charge on any atom is 0.220 e. The van der Waals surface area contributed by atoms with Crippen molar-refractivity contribution in [3.8, 4) is 0 Å². The molecule has 1 aromatic carbocycles. The lowest BCUT2D eigenvalue weighted by atomic mass is 10.1. The van der Waals surface area contributed by atoms with E-state index in [0.717, 1.165) is 11.1 Å². The zero-order valence-corrected chi connectivity index (χ0v) is 11.3. The van der Waals surface area contributed by atoms with Gasteiger partial charge >= 0.3 is 0 Å². The molecule has 0 fully saturated rings. The number of carbonyl (C=O) groups is 1. The molecule has 0 aliphatic carbocycles. The number of carbonyl (C=O) groups excluding carboxylic acids is 1. The van der Waals surface area contributed by atoms with Gasteiger partial charge in [-0.1, -0.05) is 36.4 Å². The SMILES string of the molecule is NC(CNC(=O)CCc1cccnc1)c1ccccc1. The van der Waals surface area contributed by atoms with Crippen LogP contribution in [0, 0.1) is 0 Å². The van der Waals surface area contributed by atoms with E-state index in [1.807, 2.05) is 42.5 Å². The minimum atomic E-state index is -0.168. The van der Waals surface area contributed by atoms with Crippen LogP contribution in [0.3, 0.4) is 0 Å². The first kappa shape index (κ1) is 14.2. The van der Waals surface area contributed by atoms with Gasteiger partial charge < -0.3 is 11.1 Å². The molecule has 2 rings (SSSR count). The van der Waals surface area contributed by atoms with Gasteiger partial charge in [0, 0.05) is 31.4 Å². The van der Waals surface area contributed by atoms with E-state index in [2.05, 4.69) is 10.3 Å². The largest absolute Gasteiger partial charge is 0.354 e. The fraction of sp³-hybridized carbons (Fsp3) is 0.250. The van der Waals surface area contributed by atoms with Crippen LogP contribution in [0.2, 0.25) is 0 Å². The highest BCUT2D eigenvalue weighted by Crippen LogP contribution is 2.08. The van der Waals surface area contributed by atoms with Gasteiger partial charge in [0.25, 0.3) is 0 Å². The van der Waals surface area contributed by atoms with Gasteiger partial charge in [-0.3, -0.25) is 9.78 Å². The van der Waals surface area contributed by atoms with Crippen molar-refractivity contribution in [1.29, 1.82) is 0 Å². The van der Waals surface area contributed by atoms with Crippen molar-refractivity contribution in [2.24, 2.45) is 5.73 Å². The van der Waals surface area contributed by atoms with Gasteiger partial charge in [-0.15, -0.1) is 0 Å². The van der Waals surface area contributed by atoms with Crippen LogP contribution in [0.5, 0.6) is 0 Å². The highest BCUT2D eigenvalue weighted by molar-refractivity contribution is 5.76. The first-order valence-corrected chi connectivity index (χ1v) is 6.72. The van der Waals surface area contributed by atoms with Crippen molar-refractivity contribution in [1.82, 2.24) is 10.3 Å². The lowest BCUT2D eigenvalue weighted by molar-refractivity contribution is -0.121. The molecule has 3 N–H and O–H groups in total. The number of nitrogens with two attached hydrogens (primary N) is 1. The molecule has 0 saturated carbocycles. The first-order chi connectivity index (χ1) is 9.75. The Kier molecular flexibility index (Phi) is 5.26. The van der Waals surface area contributed by atoms with Gasteiger partial charge in [0.05, 0.1) is 0 Å². The molecule has 104 valence electrons. The molecule has 20 heavy (non-hydrogen) atoms. The van der Waals surface area contributed by atoms with Gasteiger partial charge in [-0.2, -0.15) is 0 Å². The Balaban J connectivity index is 1.73. The summed E-state index contributed by atoms with van der Waals surface area (Å²) >= 11 is 0. The van der Waals surface area contributed by atoms with Crippen LogP contribution in [0.1, 0.15) is 23.6 Å². The minimum absolute atomic E-state index is 0.0141. The molecule has 0 saturated heterocycles. The van der Waals surface area contributed by atoms with Crippen LogP contribution in [-0.2, 0) is 11.2 Å². The number of pyridine rings is 1. The number of hydrogen-bond acceptors (Lipinski definition) is 3. The number of benzene rings is 1.